The molecule has 0 unspecified atom stereocenters. The van der Waals surface area contributed by atoms with Crippen molar-refractivity contribution in [3.05, 3.63) is 49.4 Å². The van der Waals surface area contributed by atoms with Crippen LogP contribution in [-0.4, -0.2) is 6.61 Å². The normalized spacial score (nSPS) is 10.7. The van der Waals surface area contributed by atoms with E-state index in [9.17, 15) is 0 Å². The van der Waals surface area contributed by atoms with Gasteiger partial charge >= 0.3 is 0 Å². The first-order valence-electron chi connectivity index (χ1n) is 5.72. The summed E-state index contributed by atoms with van der Waals surface area (Å²) in [4.78, 5) is 0. The van der Waals surface area contributed by atoms with Gasteiger partial charge in [0.2, 0.25) is 0 Å². The predicted molar refractivity (Wildman–Crippen MR) is 88.1 cm³/mol. The van der Waals surface area contributed by atoms with Gasteiger partial charge in [-0.15, -0.1) is 0 Å². The van der Waals surface area contributed by atoms with Crippen molar-refractivity contribution in [3.8, 4) is 16.9 Å². The van der Waals surface area contributed by atoms with E-state index in [0.29, 0.717) is 12.2 Å². The molecule has 0 radical (unpaired) electrons. The van der Waals surface area contributed by atoms with Crippen molar-refractivity contribution in [1.29, 1.82) is 0 Å². The van der Waals surface area contributed by atoms with Gasteiger partial charge in [0.25, 0.3) is 0 Å². The van der Waals surface area contributed by atoms with Crippen molar-refractivity contribution in [3.63, 3.8) is 0 Å². The fourth-order valence-electron chi connectivity index (χ4n) is 1.74. The molecule has 0 aliphatic carbocycles. The van der Waals surface area contributed by atoms with Gasteiger partial charge in [-0.05, 0) is 24.6 Å². The summed E-state index contributed by atoms with van der Waals surface area (Å²) < 4.78 is 5.38. The highest BCUT2D eigenvalue weighted by molar-refractivity contribution is 6.56. The summed E-state index contributed by atoms with van der Waals surface area (Å²) in [6.07, 6.45) is 0. The number of rotatable bonds is 3. The predicted octanol–water partition coefficient (Wildman–Crippen LogP) is 7.02. The van der Waals surface area contributed by atoms with E-state index in [-0.39, 0.29) is 25.1 Å². The summed E-state index contributed by atoms with van der Waals surface area (Å²) in [5.41, 5.74) is 1.33. The van der Waals surface area contributed by atoms with Crippen LogP contribution in [0.5, 0.6) is 5.75 Å². The van der Waals surface area contributed by atoms with Crippen molar-refractivity contribution in [2.75, 3.05) is 6.61 Å². The molecule has 0 amide bonds. The maximum absolute atomic E-state index is 6.22. The number of ether oxygens (including phenoxy) is 1. The van der Waals surface area contributed by atoms with E-state index in [2.05, 4.69) is 0 Å². The third-order valence-electron chi connectivity index (χ3n) is 2.66. The van der Waals surface area contributed by atoms with Gasteiger partial charge in [0.15, 0.2) is 0 Å². The molecule has 0 N–H and O–H groups in total. The fraction of sp³-hybridized carbons (Fsp3) is 0.143. The van der Waals surface area contributed by atoms with Crippen molar-refractivity contribution >= 4 is 58.0 Å². The number of hydrogen-bond acceptors (Lipinski definition) is 1. The lowest BCUT2D eigenvalue weighted by atomic mass is 10.1. The molecule has 0 fully saturated rings. The minimum atomic E-state index is 0.151. The Morgan fingerprint density at radius 1 is 0.750 bits per heavy atom. The lowest BCUT2D eigenvalue weighted by molar-refractivity contribution is 0.340. The van der Waals surface area contributed by atoms with E-state index >= 15 is 0 Å². The molecule has 20 heavy (non-hydrogen) atoms. The topological polar surface area (TPSA) is 9.23 Å². The fourth-order valence-corrected chi connectivity index (χ4v) is 3.10. The first-order valence-corrected chi connectivity index (χ1v) is 7.61. The number of benzene rings is 2. The Morgan fingerprint density at radius 2 is 1.20 bits per heavy atom. The molecule has 0 aliphatic heterocycles. The van der Waals surface area contributed by atoms with Crippen LogP contribution < -0.4 is 4.74 Å². The van der Waals surface area contributed by atoms with Gasteiger partial charge in [-0.25, -0.2) is 0 Å². The summed E-state index contributed by atoms with van der Waals surface area (Å²) in [7, 11) is 0. The zero-order valence-corrected chi connectivity index (χ0v) is 14.1. The average molecular weight is 370 g/mol. The molecule has 106 valence electrons. The molecule has 0 bridgehead atoms. The Labute approximate surface area is 142 Å². The number of hydrogen-bond donors (Lipinski definition) is 0. The minimum absolute atomic E-state index is 0.151. The molecule has 0 heterocycles. The Balaban J connectivity index is 2.58. The molecule has 0 saturated heterocycles. The molecule has 0 spiro atoms. The summed E-state index contributed by atoms with van der Waals surface area (Å²) in [6, 6.07) is 7.31. The zero-order valence-electron chi connectivity index (χ0n) is 10.3. The summed E-state index contributed by atoms with van der Waals surface area (Å²) >= 11 is 30.5. The van der Waals surface area contributed by atoms with Crippen LogP contribution in [0.2, 0.25) is 25.1 Å². The van der Waals surface area contributed by atoms with E-state index in [1.54, 1.807) is 0 Å². The van der Waals surface area contributed by atoms with Gasteiger partial charge < -0.3 is 4.74 Å². The SMILES string of the molecule is CCOc1ccc(-c2c(Cl)c(Cl)c(Cl)c(Cl)c2Cl)cc1. The first kappa shape index (κ1) is 16.1. The molecule has 1 nitrogen and oxygen atoms in total. The lowest BCUT2D eigenvalue weighted by Crippen LogP contribution is -1.91. The van der Waals surface area contributed by atoms with Crippen LogP contribution >= 0.6 is 58.0 Å². The van der Waals surface area contributed by atoms with Gasteiger partial charge in [-0.2, -0.15) is 0 Å². The molecule has 0 atom stereocenters. The second-order valence-electron chi connectivity index (χ2n) is 3.90. The second-order valence-corrected chi connectivity index (χ2v) is 5.79. The second kappa shape index (κ2) is 6.64. The molecule has 0 aromatic heterocycles. The van der Waals surface area contributed by atoms with Gasteiger partial charge in [0.1, 0.15) is 5.75 Å². The highest BCUT2D eigenvalue weighted by atomic mass is 35.5. The van der Waals surface area contributed by atoms with Crippen LogP contribution in [0.4, 0.5) is 0 Å². The molecule has 2 aromatic rings. The Morgan fingerprint density at radius 3 is 1.65 bits per heavy atom. The van der Waals surface area contributed by atoms with Crippen molar-refractivity contribution in [1.82, 2.24) is 0 Å². The highest BCUT2D eigenvalue weighted by Gasteiger charge is 2.20. The monoisotopic (exact) mass is 368 g/mol. The molecule has 6 heteroatoms. The van der Waals surface area contributed by atoms with Crippen molar-refractivity contribution in [2.24, 2.45) is 0 Å². The Kier molecular flexibility index (Phi) is 5.33. The standard InChI is InChI=1S/C14H9Cl5O/c1-2-20-8-5-3-7(4-6-8)9-10(15)12(17)14(19)13(18)11(9)16/h3-6H,2H2,1H3. The molecule has 0 saturated carbocycles. The van der Waals surface area contributed by atoms with Crippen LogP contribution in [0.25, 0.3) is 11.1 Å². The van der Waals surface area contributed by atoms with Crippen LogP contribution in [0.1, 0.15) is 6.92 Å². The van der Waals surface area contributed by atoms with E-state index < -0.39 is 0 Å². The summed E-state index contributed by atoms with van der Waals surface area (Å²) in [5, 5.41) is 1.07. The summed E-state index contributed by atoms with van der Waals surface area (Å²) in [5.74, 6) is 0.759. The van der Waals surface area contributed by atoms with E-state index in [4.69, 9.17) is 62.7 Å². The number of halogens is 5. The average Bonchev–Trinajstić information content (AvgIpc) is 2.45. The van der Waals surface area contributed by atoms with Crippen molar-refractivity contribution < 1.29 is 4.74 Å². The quantitative estimate of drug-likeness (QED) is 0.417. The first-order chi connectivity index (χ1) is 9.47. The van der Waals surface area contributed by atoms with Crippen molar-refractivity contribution in [2.45, 2.75) is 6.92 Å². The smallest absolute Gasteiger partial charge is 0.119 e. The molecule has 0 aliphatic rings. The van der Waals surface area contributed by atoms with Crippen LogP contribution in [0, 0.1) is 0 Å². The van der Waals surface area contributed by atoms with Gasteiger partial charge in [-0.1, -0.05) is 70.1 Å². The van der Waals surface area contributed by atoms with Crippen LogP contribution in [-0.2, 0) is 0 Å². The third kappa shape index (κ3) is 2.98. The summed E-state index contributed by atoms with van der Waals surface area (Å²) in [6.45, 7) is 2.51. The van der Waals surface area contributed by atoms with Crippen LogP contribution in [0.3, 0.4) is 0 Å². The molecule has 2 aromatic carbocycles. The zero-order chi connectivity index (χ0) is 14.9. The Hall–Kier alpha value is -0.310. The third-order valence-corrected chi connectivity index (χ3v) is 4.94. The maximum Gasteiger partial charge on any atom is 0.119 e. The molecule has 2 rings (SSSR count). The van der Waals surface area contributed by atoms with E-state index in [1.807, 2.05) is 31.2 Å². The maximum atomic E-state index is 6.22. The minimum Gasteiger partial charge on any atom is -0.494 e. The molecular formula is C14H9Cl5O. The lowest BCUT2D eigenvalue weighted by Gasteiger charge is -2.13. The van der Waals surface area contributed by atoms with E-state index in [0.717, 1.165) is 11.3 Å². The largest absolute Gasteiger partial charge is 0.494 e. The molecular weight excluding hydrogens is 361 g/mol. The van der Waals surface area contributed by atoms with Gasteiger partial charge in [-0.3, -0.25) is 0 Å². The van der Waals surface area contributed by atoms with Gasteiger partial charge in [0, 0.05) is 5.56 Å². The van der Waals surface area contributed by atoms with E-state index in [1.165, 1.54) is 0 Å². The Bertz CT molecular complexity index is 608. The van der Waals surface area contributed by atoms with Crippen LogP contribution in [0.15, 0.2) is 24.3 Å². The highest BCUT2D eigenvalue weighted by Crippen LogP contribution is 2.48. The van der Waals surface area contributed by atoms with Gasteiger partial charge in [0.05, 0.1) is 31.7 Å².